The predicted octanol–water partition coefficient (Wildman–Crippen LogP) is 3.02. The molecule has 0 bridgehead atoms. The van der Waals surface area contributed by atoms with Crippen LogP contribution < -0.4 is 10.5 Å². The lowest BCUT2D eigenvalue weighted by Gasteiger charge is -2.10. The molecule has 20 heavy (non-hydrogen) atoms. The van der Waals surface area contributed by atoms with Crippen LogP contribution >= 0.6 is 27.3 Å². The third-order valence-electron chi connectivity index (χ3n) is 2.72. The highest BCUT2D eigenvalue weighted by Gasteiger charge is 2.20. The van der Waals surface area contributed by atoms with Crippen LogP contribution in [0.5, 0.6) is 0 Å². The molecule has 0 saturated carbocycles. The predicted molar refractivity (Wildman–Crippen MR) is 81.6 cm³/mol. The van der Waals surface area contributed by atoms with Gasteiger partial charge in [0.2, 0.25) is 10.0 Å². The molecule has 3 N–H and O–H groups in total. The molecule has 0 spiro atoms. The summed E-state index contributed by atoms with van der Waals surface area (Å²) in [5, 5.41) is 1.85. The average Bonchev–Trinajstić information content (AvgIpc) is 2.77. The zero-order chi connectivity index (χ0) is 14.9. The van der Waals surface area contributed by atoms with Crippen LogP contribution in [0.2, 0.25) is 0 Å². The van der Waals surface area contributed by atoms with Crippen LogP contribution in [0.25, 0.3) is 0 Å². The molecule has 1 aromatic carbocycles. The molecule has 1 aromatic heterocycles. The smallest absolute Gasteiger partial charge is 0.241 e. The summed E-state index contributed by atoms with van der Waals surface area (Å²) in [7, 11) is -3.81. The number of thiophene rings is 1. The van der Waals surface area contributed by atoms with Gasteiger partial charge < -0.3 is 5.73 Å². The fourth-order valence-electron chi connectivity index (χ4n) is 1.64. The van der Waals surface area contributed by atoms with Gasteiger partial charge in [0.15, 0.2) is 0 Å². The molecule has 0 atom stereocenters. The number of rotatable bonds is 4. The topological polar surface area (TPSA) is 72.2 Å². The Labute approximate surface area is 129 Å². The van der Waals surface area contributed by atoms with Crippen molar-refractivity contribution in [2.45, 2.75) is 18.4 Å². The Morgan fingerprint density at radius 2 is 2.15 bits per heavy atom. The highest BCUT2D eigenvalue weighted by Crippen LogP contribution is 2.25. The molecule has 2 aromatic rings. The fourth-order valence-corrected chi connectivity index (χ4v) is 4.45. The standard InChI is InChI=1S/C12H12BrFN2O2S2/c1-7-10(14)4-8(15)5-12(7)20(17,18)16-6-11-9(13)2-3-19-11/h2-5,16H,6,15H2,1H3. The van der Waals surface area contributed by atoms with Crippen LogP contribution in [0, 0.1) is 12.7 Å². The van der Waals surface area contributed by atoms with Crippen LogP contribution in [0.15, 0.2) is 32.9 Å². The summed E-state index contributed by atoms with van der Waals surface area (Å²) in [6.45, 7) is 1.54. The number of nitrogens with two attached hydrogens (primary N) is 1. The maximum absolute atomic E-state index is 13.6. The van der Waals surface area contributed by atoms with Crippen molar-refractivity contribution < 1.29 is 12.8 Å². The Bertz CT molecular complexity index is 744. The van der Waals surface area contributed by atoms with Gasteiger partial charge in [-0.2, -0.15) is 0 Å². The Morgan fingerprint density at radius 1 is 1.45 bits per heavy atom. The second-order valence-electron chi connectivity index (χ2n) is 4.14. The number of hydrogen-bond acceptors (Lipinski definition) is 4. The van der Waals surface area contributed by atoms with E-state index in [-0.39, 0.29) is 22.7 Å². The Kier molecular flexibility index (Phi) is 4.48. The van der Waals surface area contributed by atoms with Crippen LogP contribution in [-0.2, 0) is 16.6 Å². The van der Waals surface area contributed by atoms with Crippen molar-refractivity contribution in [1.29, 1.82) is 0 Å². The summed E-state index contributed by atoms with van der Waals surface area (Å²) in [6, 6.07) is 4.19. The maximum atomic E-state index is 13.6. The fraction of sp³-hybridized carbons (Fsp3) is 0.167. The van der Waals surface area contributed by atoms with Gasteiger partial charge in [-0.15, -0.1) is 11.3 Å². The number of nitrogens with one attached hydrogen (secondary N) is 1. The first-order chi connectivity index (χ1) is 9.31. The first-order valence-electron chi connectivity index (χ1n) is 5.58. The molecule has 108 valence electrons. The Balaban J connectivity index is 2.29. The van der Waals surface area contributed by atoms with Crippen molar-refractivity contribution in [1.82, 2.24) is 4.72 Å². The molecular formula is C12H12BrFN2O2S2. The van der Waals surface area contributed by atoms with E-state index in [1.54, 1.807) is 0 Å². The van der Waals surface area contributed by atoms with Gasteiger partial charge in [-0.1, -0.05) is 0 Å². The highest BCUT2D eigenvalue weighted by atomic mass is 79.9. The quantitative estimate of drug-likeness (QED) is 0.803. The Morgan fingerprint density at radius 3 is 2.75 bits per heavy atom. The SMILES string of the molecule is Cc1c(F)cc(N)cc1S(=O)(=O)NCc1sccc1Br. The van der Waals surface area contributed by atoms with Gasteiger partial charge in [-0.25, -0.2) is 17.5 Å². The lowest BCUT2D eigenvalue weighted by Crippen LogP contribution is -2.24. The lowest BCUT2D eigenvalue weighted by molar-refractivity contribution is 0.575. The van der Waals surface area contributed by atoms with Crippen molar-refractivity contribution in [3.8, 4) is 0 Å². The molecule has 1 heterocycles. The van der Waals surface area contributed by atoms with Crippen molar-refractivity contribution in [3.63, 3.8) is 0 Å². The number of sulfonamides is 1. The Hall–Kier alpha value is -0.960. The van der Waals surface area contributed by atoms with Crippen molar-refractivity contribution in [2.24, 2.45) is 0 Å². The second kappa shape index (κ2) is 5.80. The minimum Gasteiger partial charge on any atom is -0.399 e. The summed E-state index contributed by atoms with van der Waals surface area (Å²) >= 11 is 4.75. The van der Waals surface area contributed by atoms with Gasteiger partial charge in [0.25, 0.3) is 0 Å². The monoisotopic (exact) mass is 378 g/mol. The van der Waals surface area contributed by atoms with Gasteiger partial charge in [-0.05, 0) is 46.4 Å². The van der Waals surface area contributed by atoms with E-state index >= 15 is 0 Å². The van der Waals surface area contributed by atoms with E-state index in [1.165, 1.54) is 24.3 Å². The molecule has 4 nitrogen and oxygen atoms in total. The van der Waals surface area contributed by atoms with E-state index in [4.69, 9.17) is 5.73 Å². The van der Waals surface area contributed by atoms with E-state index in [1.807, 2.05) is 11.4 Å². The van der Waals surface area contributed by atoms with Crippen LogP contribution in [-0.4, -0.2) is 8.42 Å². The zero-order valence-electron chi connectivity index (χ0n) is 10.5. The van der Waals surface area contributed by atoms with E-state index in [0.29, 0.717) is 0 Å². The summed E-state index contributed by atoms with van der Waals surface area (Å²) in [6.07, 6.45) is 0. The molecule has 0 radical (unpaired) electrons. The molecule has 0 aliphatic carbocycles. The minimum atomic E-state index is -3.81. The zero-order valence-corrected chi connectivity index (χ0v) is 13.7. The van der Waals surface area contributed by atoms with Crippen LogP contribution in [0.4, 0.5) is 10.1 Å². The highest BCUT2D eigenvalue weighted by molar-refractivity contribution is 9.10. The summed E-state index contributed by atoms with van der Waals surface area (Å²) < 4.78 is 41.3. The van der Waals surface area contributed by atoms with Gasteiger partial charge in [-0.3, -0.25) is 0 Å². The average molecular weight is 379 g/mol. The largest absolute Gasteiger partial charge is 0.399 e. The molecule has 0 aliphatic rings. The van der Waals surface area contributed by atoms with E-state index in [2.05, 4.69) is 20.7 Å². The normalized spacial score (nSPS) is 11.8. The first kappa shape index (κ1) is 15.4. The van der Waals surface area contributed by atoms with Gasteiger partial charge in [0.05, 0.1) is 4.90 Å². The minimum absolute atomic E-state index is 0.0527. The third-order valence-corrected chi connectivity index (χ3v) is 6.18. The van der Waals surface area contributed by atoms with Crippen LogP contribution in [0.1, 0.15) is 10.4 Å². The van der Waals surface area contributed by atoms with Crippen LogP contribution in [0.3, 0.4) is 0 Å². The molecule has 0 aliphatic heterocycles. The molecule has 0 amide bonds. The summed E-state index contributed by atoms with van der Waals surface area (Å²) in [5.74, 6) is -0.636. The third kappa shape index (κ3) is 3.20. The molecular weight excluding hydrogens is 367 g/mol. The second-order valence-corrected chi connectivity index (χ2v) is 7.73. The van der Waals surface area contributed by atoms with E-state index in [9.17, 15) is 12.8 Å². The van der Waals surface area contributed by atoms with Gasteiger partial charge in [0.1, 0.15) is 5.82 Å². The summed E-state index contributed by atoms with van der Waals surface area (Å²) in [5.41, 5.74) is 5.63. The number of hydrogen-bond donors (Lipinski definition) is 2. The molecule has 2 rings (SSSR count). The van der Waals surface area contributed by atoms with Gasteiger partial charge >= 0.3 is 0 Å². The molecule has 0 saturated heterocycles. The van der Waals surface area contributed by atoms with Crippen molar-refractivity contribution in [2.75, 3.05) is 5.73 Å². The number of benzene rings is 1. The first-order valence-corrected chi connectivity index (χ1v) is 8.74. The molecule has 0 fully saturated rings. The number of halogens is 2. The lowest BCUT2D eigenvalue weighted by atomic mass is 10.2. The van der Waals surface area contributed by atoms with Crippen molar-refractivity contribution in [3.05, 3.63) is 44.3 Å². The van der Waals surface area contributed by atoms with E-state index < -0.39 is 15.8 Å². The maximum Gasteiger partial charge on any atom is 0.241 e. The summed E-state index contributed by atoms with van der Waals surface area (Å²) in [4.78, 5) is 0.707. The van der Waals surface area contributed by atoms with E-state index in [0.717, 1.165) is 15.4 Å². The number of nitrogen functional groups attached to an aromatic ring is 1. The van der Waals surface area contributed by atoms with Crippen molar-refractivity contribution >= 4 is 43.0 Å². The molecule has 0 unspecified atom stereocenters. The van der Waals surface area contributed by atoms with Gasteiger partial charge in [0, 0.05) is 27.1 Å². The number of anilines is 1. The molecule has 8 heteroatoms.